The van der Waals surface area contributed by atoms with Gasteiger partial charge in [0.05, 0.1) is 45.3 Å². The number of aryl methyl sites for hydroxylation is 2. The number of benzene rings is 8. The number of rotatable bonds is 14. The fraction of sp³-hybridized carbons (Fsp3) is 0.315. The Hall–Kier alpha value is -6.96. The first kappa shape index (κ1) is 62.6. The van der Waals surface area contributed by atoms with Crippen molar-refractivity contribution in [3.8, 4) is 68.2 Å². The van der Waals surface area contributed by atoms with E-state index >= 15 is 0 Å². The van der Waals surface area contributed by atoms with Crippen molar-refractivity contribution in [2.45, 2.75) is 139 Å². The predicted octanol–water partition coefficient (Wildman–Crippen LogP) is 20.9. The Balaban J connectivity index is 0.00000323. The molecule has 0 amide bonds. The van der Waals surface area contributed by atoms with Gasteiger partial charge in [0.1, 0.15) is 17.9 Å². The molecule has 10 rings (SSSR count). The normalized spacial score (nSPS) is 13.5. The third-order valence-corrected chi connectivity index (χ3v) is 15.3. The summed E-state index contributed by atoms with van der Waals surface area (Å²) in [5.41, 5.74) is 12.1. The van der Waals surface area contributed by atoms with E-state index < -0.39 is 0 Å². The van der Waals surface area contributed by atoms with E-state index in [-0.39, 0.29) is 86.4 Å². The van der Waals surface area contributed by atoms with Crippen LogP contribution in [0.4, 0.5) is 34.1 Å². The molecule has 0 saturated carbocycles. The molecule has 2 aliphatic heterocycles. The van der Waals surface area contributed by atoms with Crippen molar-refractivity contribution >= 4 is 34.1 Å². The molecule has 82 heavy (non-hydrogen) atoms. The summed E-state index contributed by atoms with van der Waals surface area (Å²) in [5, 5.41) is 25.6. The Labute approximate surface area is 509 Å². The van der Waals surface area contributed by atoms with Crippen molar-refractivity contribution in [2.24, 2.45) is 10.8 Å². The van der Waals surface area contributed by atoms with E-state index in [1.807, 2.05) is 97.1 Å². The molecule has 0 aromatic heterocycles. The Bertz CT molecular complexity index is 3260. The molecule has 0 saturated heterocycles. The first-order valence-electron chi connectivity index (χ1n) is 28.0. The van der Waals surface area contributed by atoms with E-state index in [9.17, 15) is 10.2 Å². The molecule has 4 N–H and O–H groups in total. The second-order valence-electron chi connectivity index (χ2n) is 26.0. The number of fused-ring (bicyclic) bond motifs is 4. The Morgan fingerprint density at radius 3 is 1.02 bits per heavy atom. The molecule has 0 spiro atoms. The van der Waals surface area contributed by atoms with Gasteiger partial charge < -0.3 is 44.0 Å². The van der Waals surface area contributed by atoms with Crippen LogP contribution in [0.5, 0.6) is 46.0 Å². The van der Waals surface area contributed by atoms with E-state index in [2.05, 4.69) is 167 Å². The minimum Gasteiger partial charge on any atom is -0.580 e. The summed E-state index contributed by atoms with van der Waals surface area (Å²) in [6.07, 6.45) is 2.25. The molecule has 2 aliphatic rings. The minimum atomic E-state index is -0.173. The number of phenolic OH excluding ortho intramolecular Hbond substituents is 2. The summed E-state index contributed by atoms with van der Waals surface area (Å²) in [6.45, 7) is 31.5. The molecule has 428 valence electrons. The number of hydrogen-bond acceptors (Lipinski definition) is 6. The summed E-state index contributed by atoms with van der Waals surface area (Å²) in [7, 11) is 0. The number of anilines is 6. The van der Waals surface area contributed by atoms with Gasteiger partial charge in [-0.25, -0.2) is 0 Å². The SMILES string of the molecule is Cc1cc(-c2cc(C(C)(C)CC(C)(C)C)ccc2[OH+][C@H](C)C[C@H](C)[OH+]c2ccc(C(C)(C)CC(C)(C)C)cc2-c2cc(C)cc(N3c4ccccc4Oc4ccccc43)c2O)c(O)c(N2c3ccccc3Oc3ccccc32)c1.[CH3-].[CH3-].[Zr]. The minimum absolute atomic E-state index is 0. The Kier molecular flexibility index (Phi) is 18.4. The Morgan fingerprint density at radius 2 is 0.720 bits per heavy atom. The van der Waals surface area contributed by atoms with Gasteiger partial charge in [-0.15, -0.1) is 0 Å². The van der Waals surface area contributed by atoms with Crippen molar-refractivity contribution < 1.29 is 55.4 Å². The monoisotopic (exact) mass is 1180 g/mol. The van der Waals surface area contributed by atoms with Crippen LogP contribution in [0, 0.1) is 39.5 Å². The average Bonchev–Trinajstić information content (AvgIpc) is 3.52. The molecule has 0 radical (unpaired) electrons. The molecular formula is C73H86N2O6Zr. The molecule has 8 aromatic carbocycles. The predicted molar refractivity (Wildman–Crippen MR) is 340 cm³/mol. The number of nitrogens with zero attached hydrogens (tertiary/aromatic N) is 2. The summed E-state index contributed by atoms with van der Waals surface area (Å²) in [5.74, 6) is 4.82. The Morgan fingerprint density at radius 1 is 0.415 bits per heavy atom. The molecule has 9 heteroatoms. The zero-order valence-corrected chi connectivity index (χ0v) is 53.7. The van der Waals surface area contributed by atoms with Gasteiger partial charge in [-0.2, -0.15) is 0 Å². The van der Waals surface area contributed by atoms with E-state index in [1.54, 1.807) is 0 Å². The fourth-order valence-corrected chi connectivity index (χ4v) is 12.7. The van der Waals surface area contributed by atoms with E-state index in [4.69, 9.17) is 18.9 Å². The number of para-hydroxylation sites is 8. The van der Waals surface area contributed by atoms with Gasteiger partial charge in [-0.05, 0) is 168 Å². The van der Waals surface area contributed by atoms with Gasteiger partial charge in [-0.1, -0.05) is 118 Å². The zero-order valence-electron chi connectivity index (χ0n) is 51.3. The van der Waals surface area contributed by atoms with Crippen LogP contribution in [-0.2, 0) is 37.0 Å². The van der Waals surface area contributed by atoms with E-state index in [0.717, 1.165) is 92.3 Å². The maximum atomic E-state index is 12.8. The number of phenols is 2. The topological polar surface area (TPSA) is 91.0 Å². The molecule has 0 unspecified atom stereocenters. The number of aromatic hydroxyl groups is 4. The van der Waals surface area contributed by atoms with Crippen LogP contribution >= 0.6 is 0 Å². The van der Waals surface area contributed by atoms with Crippen molar-refractivity contribution in [1.82, 2.24) is 0 Å². The summed E-state index contributed by atoms with van der Waals surface area (Å²) in [6, 6.07) is 53.5. The van der Waals surface area contributed by atoms with Crippen LogP contribution in [0.1, 0.15) is 125 Å². The van der Waals surface area contributed by atoms with Gasteiger partial charge in [0.2, 0.25) is 0 Å². The van der Waals surface area contributed by atoms with Crippen LogP contribution in [0.15, 0.2) is 158 Å². The van der Waals surface area contributed by atoms with Crippen molar-refractivity contribution in [1.29, 1.82) is 0 Å². The molecule has 2 heterocycles. The second-order valence-corrected chi connectivity index (χ2v) is 26.0. The van der Waals surface area contributed by atoms with Crippen molar-refractivity contribution in [3.63, 3.8) is 0 Å². The first-order valence-corrected chi connectivity index (χ1v) is 28.0. The van der Waals surface area contributed by atoms with Crippen molar-refractivity contribution in [3.05, 3.63) is 195 Å². The largest absolute Gasteiger partial charge is 0.580 e. The van der Waals surface area contributed by atoms with Gasteiger partial charge in [-0.3, -0.25) is 9.80 Å². The summed E-state index contributed by atoms with van der Waals surface area (Å²) in [4.78, 5) is 4.22. The van der Waals surface area contributed by atoms with Gasteiger partial charge >= 0.3 is 0 Å². The molecule has 2 atom stereocenters. The molecule has 8 aromatic rings. The van der Waals surface area contributed by atoms with Crippen LogP contribution in [0.3, 0.4) is 0 Å². The maximum Gasteiger partial charge on any atom is 0.262 e. The molecular weight excluding hydrogens is 1090 g/mol. The zero-order chi connectivity index (χ0) is 56.3. The molecule has 0 bridgehead atoms. The molecule has 0 aliphatic carbocycles. The van der Waals surface area contributed by atoms with Crippen LogP contribution < -0.4 is 19.3 Å². The van der Waals surface area contributed by atoms with Gasteiger partial charge in [0.25, 0.3) is 11.5 Å². The quantitative estimate of drug-likeness (QED) is 0.0833. The number of hydrogen-bond donors (Lipinski definition) is 2. The van der Waals surface area contributed by atoms with Crippen LogP contribution in [0.2, 0.25) is 0 Å². The van der Waals surface area contributed by atoms with E-state index in [0.29, 0.717) is 28.9 Å². The first-order chi connectivity index (χ1) is 37.3. The fourth-order valence-electron chi connectivity index (χ4n) is 12.7. The molecule has 0 fully saturated rings. The maximum absolute atomic E-state index is 12.8. The van der Waals surface area contributed by atoms with Crippen LogP contribution in [0.25, 0.3) is 22.3 Å². The molecule has 8 nitrogen and oxygen atoms in total. The standard InChI is InChI=1S/C71H78N2O6.2CH3.Zr/c1-44-35-52(66(74)58(37-44)72-54-23-15-19-27-62(54)78-63-28-20-16-24-55(63)72)50-40-48(70(11,12)42-68(5,6)7)31-33-60(50)76-46(3)39-47(4)77-61-34-32-49(71(13,14)43-69(8,9)10)41-51(61)53-36-45(2)38-59(67(53)75)73-56-25-17-21-29-64(56)79-65-30-22-18-26-57(65)73;;;/h15-38,40-41,46-47,74-75H,39,42-43H2,1-14H3;2*1H3;/q;2*-1;/p+2/t46-,47+;;;. The van der Waals surface area contributed by atoms with Crippen molar-refractivity contribution in [2.75, 3.05) is 9.80 Å². The third-order valence-electron chi connectivity index (χ3n) is 15.3. The average molecular weight is 1180 g/mol. The van der Waals surface area contributed by atoms with Crippen LogP contribution in [-0.4, -0.2) is 31.9 Å². The second kappa shape index (κ2) is 24.1. The summed E-state index contributed by atoms with van der Waals surface area (Å²) < 4.78 is 23.8. The number of aliphatic hydroxyl groups is 2. The van der Waals surface area contributed by atoms with Gasteiger partial charge in [0.15, 0.2) is 35.2 Å². The number of ether oxygens (including phenoxy) is 4. The van der Waals surface area contributed by atoms with Gasteiger partial charge in [0, 0.05) is 63.3 Å². The summed E-state index contributed by atoms with van der Waals surface area (Å²) >= 11 is 0. The smallest absolute Gasteiger partial charge is 0.262 e. The third kappa shape index (κ3) is 13.0. The van der Waals surface area contributed by atoms with E-state index in [1.165, 1.54) is 11.1 Å².